The molecule has 0 unspecified atom stereocenters. The van der Waals surface area contributed by atoms with Crippen LogP contribution in [0.2, 0.25) is 0 Å². The van der Waals surface area contributed by atoms with Gasteiger partial charge in [0, 0.05) is 5.41 Å². The molecule has 0 bridgehead atoms. The van der Waals surface area contributed by atoms with Crippen LogP contribution >= 0.6 is 0 Å². The summed E-state index contributed by atoms with van der Waals surface area (Å²) in [6.07, 6.45) is 3.81. The molecule has 0 aromatic heterocycles. The lowest BCUT2D eigenvalue weighted by Gasteiger charge is -1.99. The summed E-state index contributed by atoms with van der Waals surface area (Å²) in [5.41, 5.74) is -0.0833. The van der Waals surface area contributed by atoms with Crippen molar-refractivity contribution in [1.82, 2.24) is 0 Å². The van der Waals surface area contributed by atoms with Crippen molar-refractivity contribution in [3.8, 4) is 0 Å². The Morgan fingerprint density at radius 3 is 2.25 bits per heavy atom. The average molecular weight is 110 g/mol. The second-order valence-corrected chi connectivity index (χ2v) is 2.42. The van der Waals surface area contributed by atoms with Gasteiger partial charge in [-0.1, -0.05) is 6.08 Å². The Bertz CT molecular complexity index is 131. The van der Waals surface area contributed by atoms with Crippen LogP contribution in [-0.4, -0.2) is 5.78 Å². The first-order chi connectivity index (χ1) is 3.71. The number of rotatable bonds is 2. The van der Waals surface area contributed by atoms with Crippen LogP contribution < -0.4 is 0 Å². The first-order valence-corrected chi connectivity index (χ1v) is 2.86. The van der Waals surface area contributed by atoms with Crippen LogP contribution in [-0.2, 0) is 4.79 Å². The minimum Gasteiger partial charge on any atom is -0.299 e. The number of hydrogen-bond donors (Lipinski definition) is 0. The zero-order valence-corrected chi connectivity index (χ0v) is 5.11. The fourth-order valence-corrected chi connectivity index (χ4v) is 0.835. The van der Waals surface area contributed by atoms with Gasteiger partial charge in [-0.25, -0.2) is 0 Å². The summed E-state index contributed by atoms with van der Waals surface area (Å²) in [4.78, 5) is 10.7. The Morgan fingerprint density at radius 1 is 1.75 bits per heavy atom. The van der Waals surface area contributed by atoms with E-state index in [1.165, 1.54) is 0 Å². The minimum atomic E-state index is -0.0833. The smallest absolute Gasteiger partial charge is 0.139 e. The van der Waals surface area contributed by atoms with Crippen molar-refractivity contribution in [3.63, 3.8) is 0 Å². The van der Waals surface area contributed by atoms with Crippen molar-refractivity contribution in [2.45, 2.75) is 19.8 Å². The van der Waals surface area contributed by atoms with E-state index in [4.69, 9.17) is 0 Å². The van der Waals surface area contributed by atoms with Crippen LogP contribution in [0.1, 0.15) is 19.8 Å². The molecule has 0 aromatic carbocycles. The highest BCUT2D eigenvalue weighted by molar-refractivity contribution is 5.86. The highest BCUT2D eigenvalue weighted by Crippen LogP contribution is 2.47. The van der Waals surface area contributed by atoms with Gasteiger partial charge >= 0.3 is 0 Å². The SMILES string of the molecule is C=CC1(C(C)=O)CC1. The predicted molar refractivity (Wildman–Crippen MR) is 32.5 cm³/mol. The third-order valence-corrected chi connectivity index (χ3v) is 1.88. The highest BCUT2D eigenvalue weighted by Gasteiger charge is 2.43. The van der Waals surface area contributed by atoms with Gasteiger partial charge in [0.05, 0.1) is 0 Å². The topological polar surface area (TPSA) is 17.1 Å². The van der Waals surface area contributed by atoms with Gasteiger partial charge in [0.25, 0.3) is 0 Å². The second kappa shape index (κ2) is 1.44. The number of ketones is 1. The molecule has 0 spiro atoms. The van der Waals surface area contributed by atoms with E-state index in [1.807, 2.05) is 0 Å². The predicted octanol–water partition coefficient (Wildman–Crippen LogP) is 1.54. The summed E-state index contributed by atoms with van der Waals surface area (Å²) in [5.74, 6) is 0.271. The third-order valence-electron chi connectivity index (χ3n) is 1.88. The van der Waals surface area contributed by atoms with E-state index in [9.17, 15) is 4.79 Å². The summed E-state index contributed by atoms with van der Waals surface area (Å²) in [5, 5.41) is 0. The molecule has 0 amide bonds. The summed E-state index contributed by atoms with van der Waals surface area (Å²) in [6.45, 7) is 5.23. The maximum atomic E-state index is 10.7. The van der Waals surface area contributed by atoms with Crippen molar-refractivity contribution in [2.75, 3.05) is 0 Å². The molecule has 1 aliphatic rings. The number of carbonyl (C=O) groups is 1. The Hall–Kier alpha value is -0.590. The number of hydrogen-bond acceptors (Lipinski definition) is 1. The Morgan fingerprint density at radius 2 is 2.25 bits per heavy atom. The van der Waals surface area contributed by atoms with Crippen molar-refractivity contribution >= 4 is 5.78 Å². The average Bonchev–Trinajstić information content (AvgIpc) is 2.44. The first-order valence-electron chi connectivity index (χ1n) is 2.86. The Labute approximate surface area is 49.4 Å². The molecule has 0 aromatic rings. The third kappa shape index (κ3) is 0.585. The largest absolute Gasteiger partial charge is 0.299 e. The van der Waals surface area contributed by atoms with E-state index >= 15 is 0 Å². The molecule has 1 saturated carbocycles. The summed E-state index contributed by atoms with van der Waals surface area (Å²) < 4.78 is 0. The minimum absolute atomic E-state index is 0.0833. The molecule has 1 aliphatic carbocycles. The van der Waals surface area contributed by atoms with Gasteiger partial charge in [0.2, 0.25) is 0 Å². The lowest BCUT2D eigenvalue weighted by molar-refractivity contribution is -0.120. The quantitative estimate of drug-likeness (QED) is 0.493. The van der Waals surface area contributed by atoms with Crippen LogP contribution in [0.3, 0.4) is 0 Å². The van der Waals surface area contributed by atoms with E-state index in [-0.39, 0.29) is 11.2 Å². The van der Waals surface area contributed by atoms with E-state index in [1.54, 1.807) is 13.0 Å². The molecule has 44 valence electrons. The van der Waals surface area contributed by atoms with E-state index in [0.29, 0.717) is 0 Å². The van der Waals surface area contributed by atoms with Crippen LogP contribution in [0, 0.1) is 5.41 Å². The Kier molecular flexibility index (Phi) is 0.999. The van der Waals surface area contributed by atoms with Gasteiger partial charge in [-0.05, 0) is 19.8 Å². The van der Waals surface area contributed by atoms with Crippen LogP contribution in [0.4, 0.5) is 0 Å². The van der Waals surface area contributed by atoms with E-state index < -0.39 is 0 Å². The second-order valence-electron chi connectivity index (χ2n) is 2.42. The van der Waals surface area contributed by atoms with Crippen LogP contribution in [0.25, 0.3) is 0 Å². The molecular formula is C7H10O. The van der Waals surface area contributed by atoms with Gasteiger partial charge in [0.1, 0.15) is 5.78 Å². The van der Waals surface area contributed by atoms with Gasteiger partial charge in [-0.3, -0.25) is 4.79 Å². The molecule has 0 atom stereocenters. The zero-order chi connectivity index (χ0) is 6.20. The summed E-state index contributed by atoms with van der Waals surface area (Å²) in [6, 6.07) is 0. The van der Waals surface area contributed by atoms with E-state index in [2.05, 4.69) is 6.58 Å². The number of Topliss-reactive ketones (excluding diaryl/α,β-unsaturated/α-hetero) is 1. The van der Waals surface area contributed by atoms with Crippen LogP contribution in [0.15, 0.2) is 12.7 Å². The van der Waals surface area contributed by atoms with Gasteiger partial charge in [-0.2, -0.15) is 0 Å². The molecule has 0 aliphatic heterocycles. The molecule has 0 heterocycles. The summed E-state index contributed by atoms with van der Waals surface area (Å²) >= 11 is 0. The molecule has 0 N–H and O–H groups in total. The van der Waals surface area contributed by atoms with Crippen LogP contribution in [0.5, 0.6) is 0 Å². The fourth-order valence-electron chi connectivity index (χ4n) is 0.835. The number of carbonyl (C=O) groups excluding carboxylic acids is 1. The maximum absolute atomic E-state index is 10.7. The molecule has 1 fully saturated rings. The molecular weight excluding hydrogens is 100 g/mol. The van der Waals surface area contributed by atoms with Gasteiger partial charge in [0.15, 0.2) is 0 Å². The molecule has 0 saturated heterocycles. The monoisotopic (exact) mass is 110 g/mol. The normalized spacial score (nSPS) is 22.1. The molecule has 1 nitrogen and oxygen atoms in total. The van der Waals surface area contributed by atoms with E-state index in [0.717, 1.165) is 12.8 Å². The van der Waals surface area contributed by atoms with Crippen molar-refractivity contribution in [2.24, 2.45) is 5.41 Å². The van der Waals surface area contributed by atoms with Gasteiger partial charge < -0.3 is 0 Å². The molecule has 0 radical (unpaired) electrons. The lowest BCUT2D eigenvalue weighted by Crippen LogP contribution is -2.06. The summed E-state index contributed by atoms with van der Waals surface area (Å²) in [7, 11) is 0. The van der Waals surface area contributed by atoms with Crippen molar-refractivity contribution < 1.29 is 4.79 Å². The number of allylic oxidation sites excluding steroid dienone is 1. The first kappa shape index (κ1) is 5.54. The molecule has 1 heteroatoms. The van der Waals surface area contributed by atoms with Gasteiger partial charge in [-0.15, -0.1) is 6.58 Å². The highest BCUT2D eigenvalue weighted by atomic mass is 16.1. The maximum Gasteiger partial charge on any atom is 0.139 e. The lowest BCUT2D eigenvalue weighted by atomic mass is 10.0. The van der Waals surface area contributed by atoms with Crippen molar-refractivity contribution in [1.29, 1.82) is 0 Å². The zero-order valence-electron chi connectivity index (χ0n) is 5.11. The standard InChI is InChI=1S/C7H10O/c1-3-7(4-5-7)6(2)8/h3H,1,4-5H2,2H3. The fraction of sp³-hybridized carbons (Fsp3) is 0.571. The Balaban J connectivity index is 2.66. The molecule has 8 heavy (non-hydrogen) atoms. The molecule has 1 rings (SSSR count). The van der Waals surface area contributed by atoms with Crippen molar-refractivity contribution in [3.05, 3.63) is 12.7 Å².